The molecule has 1 N–H and O–H groups in total. The maximum atomic E-state index is 9.44. The molecule has 0 aromatic heterocycles. The molecular formula is C17H20O2. The van der Waals surface area contributed by atoms with E-state index in [9.17, 15) is 5.11 Å². The first-order chi connectivity index (χ1) is 9.06. The van der Waals surface area contributed by atoms with E-state index >= 15 is 0 Å². The molecule has 0 saturated heterocycles. The Balaban J connectivity index is 2.00. The molecule has 19 heavy (non-hydrogen) atoms. The third kappa shape index (κ3) is 3.58. The van der Waals surface area contributed by atoms with Crippen LogP contribution in [0.3, 0.4) is 0 Å². The van der Waals surface area contributed by atoms with Gasteiger partial charge >= 0.3 is 0 Å². The van der Waals surface area contributed by atoms with E-state index in [-0.39, 0.29) is 0 Å². The molecule has 2 aromatic rings. The maximum absolute atomic E-state index is 9.44. The third-order valence-corrected chi connectivity index (χ3v) is 3.34. The van der Waals surface area contributed by atoms with Gasteiger partial charge in [0.1, 0.15) is 12.4 Å². The molecule has 0 aliphatic rings. The molecule has 1 atom stereocenters. The molecule has 0 fully saturated rings. The highest BCUT2D eigenvalue weighted by Gasteiger charge is 2.02. The summed E-state index contributed by atoms with van der Waals surface area (Å²) in [6.07, 6.45) is -0.436. The van der Waals surface area contributed by atoms with Crippen molar-refractivity contribution in [3.8, 4) is 5.75 Å². The highest BCUT2D eigenvalue weighted by atomic mass is 16.5. The summed E-state index contributed by atoms with van der Waals surface area (Å²) < 4.78 is 5.74. The van der Waals surface area contributed by atoms with Gasteiger partial charge in [0.2, 0.25) is 0 Å². The Bertz CT molecular complexity index is 542. The molecule has 1 unspecified atom stereocenters. The summed E-state index contributed by atoms with van der Waals surface area (Å²) in [5.74, 6) is 0.822. The lowest BCUT2D eigenvalue weighted by atomic mass is 10.1. The summed E-state index contributed by atoms with van der Waals surface area (Å²) in [4.78, 5) is 0. The largest absolute Gasteiger partial charge is 0.489 e. The molecular weight excluding hydrogens is 236 g/mol. The smallest absolute Gasteiger partial charge is 0.119 e. The second-order valence-corrected chi connectivity index (χ2v) is 4.95. The van der Waals surface area contributed by atoms with Crippen LogP contribution in [0.5, 0.6) is 5.75 Å². The second-order valence-electron chi connectivity index (χ2n) is 4.95. The Labute approximate surface area is 114 Å². The van der Waals surface area contributed by atoms with Gasteiger partial charge in [-0.2, -0.15) is 0 Å². The summed E-state index contributed by atoms with van der Waals surface area (Å²) in [6.45, 7) is 6.53. The Morgan fingerprint density at radius 2 is 1.68 bits per heavy atom. The maximum Gasteiger partial charge on any atom is 0.119 e. The Hall–Kier alpha value is -1.80. The van der Waals surface area contributed by atoms with E-state index in [0.29, 0.717) is 6.61 Å². The van der Waals surface area contributed by atoms with Crippen LogP contribution in [-0.2, 0) is 6.61 Å². The SMILES string of the molecule is Cc1ccc(COc2ccc(C(C)O)cc2)cc1C. The highest BCUT2D eigenvalue weighted by molar-refractivity contribution is 5.31. The normalized spacial score (nSPS) is 12.2. The minimum absolute atomic E-state index is 0.436. The van der Waals surface area contributed by atoms with Crippen molar-refractivity contribution in [3.05, 3.63) is 64.7 Å². The van der Waals surface area contributed by atoms with Crippen LogP contribution < -0.4 is 4.74 Å². The van der Waals surface area contributed by atoms with E-state index in [4.69, 9.17) is 4.74 Å². The average molecular weight is 256 g/mol. The predicted molar refractivity (Wildman–Crippen MR) is 77.3 cm³/mol. The minimum Gasteiger partial charge on any atom is -0.489 e. The van der Waals surface area contributed by atoms with E-state index in [1.165, 1.54) is 16.7 Å². The first-order valence-electron chi connectivity index (χ1n) is 6.53. The Morgan fingerprint density at radius 3 is 2.26 bits per heavy atom. The van der Waals surface area contributed by atoms with E-state index in [2.05, 4.69) is 32.0 Å². The van der Waals surface area contributed by atoms with Crippen molar-refractivity contribution in [2.24, 2.45) is 0 Å². The summed E-state index contributed by atoms with van der Waals surface area (Å²) in [7, 11) is 0. The van der Waals surface area contributed by atoms with Crippen molar-refractivity contribution < 1.29 is 9.84 Å². The molecule has 0 aliphatic carbocycles. The molecule has 2 rings (SSSR count). The number of hydrogen-bond donors (Lipinski definition) is 1. The number of hydrogen-bond acceptors (Lipinski definition) is 2. The fraction of sp³-hybridized carbons (Fsp3) is 0.294. The molecule has 2 aromatic carbocycles. The van der Waals surface area contributed by atoms with Crippen LogP contribution in [0.15, 0.2) is 42.5 Å². The van der Waals surface area contributed by atoms with Crippen molar-refractivity contribution in [1.82, 2.24) is 0 Å². The number of benzene rings is 2. The molecule has 0 aliphatic heterocycles. The lowest BCUT2D eigenvalue weighted by Crippen LogP contribution is -1.97. The van der Waals surface area contributed by atoms with Crippen LogP contribution in [0, 0.1) is 13.8 Å². The van der Waals surface area contributed by atoms with Crippen molar-refractivity contribution >= 4 is 0 Å². The van der Waals surface area contributed by atoms with Crippen molar-refractivity contribution in [3.63, 3.8) is 0 Å². The fourth-order valence-electron chi connectivity index (χ4n) is 1.90. The summed E-state index contributed by atoms with van der Waals surface area (Å²) >= 11 is 0. The van der Waals surface area contributed by atoms with Crippen molar-refractivity contribution in [1.29, 1.82) is 0 Å². The van der Waals surface area contributed by atoms with Gasteiger partial charge < -0.3 is 9.84 Å². The van der Waals surface area contributed by atoms with Gasteiger partial charge in [-0.05, 0) is 55.2 Å². The number of aryl methyl sites for hydroxylation is 2. The zero-order valence-electron chi connectivity index (χ0n) is 11.7. The highest BCUT2D eigenvalue weighted by Crippen LogP contribution is 2.19. The summed E-state index contributed by atoms with van der Waals surface area (Å²) in [6, 6.07) is 13.9. The molecule has 0 amide bonds. The molecule has 100 valence electrons. The van der Waals surface area contributed by atoms with E-state index in [1.54, 1.807) is 6.92 Å². The van der Waals surface area contributed by atoms with Crippen LogP contribution in [0.1, 0.15) is 35.3 Å². The van der Waals surface area contributed by atoms with E-state index < -0.39 is 6.10 Å². The van der Waals surface area contributed by atoms with E-state index in [0.717, 1.165) is 11.3 Å². The quantitative estimate of drug-likeness (QED) is 0.898. The molecule has 0 spiro atoms. The van der Waals surface area contributed by atoms with Gasteiger partial charge in [-0.1, -0.05) is 30.3 Å². The van der Waals surface area contributed by atoms with Gasteiger partial charge in [0.05, 0.1) is 6.10 Å². The van der Waals surface area contributed by atoms with Crippen molar-refractivity contribution in [2.45, 2.75) is 33.5 Å². The molecule has 0 saturated carbocycles. The van der Waals surface area contributed by atoms with Crippen molar-refractivity contribution in [2.75, 3.05) is 0 Å². The summed E-state index contributed by atoms with van der Waals surface area (Å²) in [5, 5.41) is 9.44. The molecule has 0 radical (unpaired) electrons. The minimum atomic E-state index is -0.436. The monoisotopic (exact) mass is 256 g/mol. The van der Waals surface area contributed by atoms with Crippen LogP contribution in [0.4, 0.5) is 0 Å². The predicted octanol–water partition coefficient (Wildman–Crippen LogP) is 3.94. The van der Waals surface area contributed by atoms with Gasteiger partial charge in [0.15, 0.2) is 0 Å². The molecule has 0 bridgehead atoms. The number of ether oxygens (including phenoxy) is 1. The van der Waals surface area contributed by atoms with Crippen LogP contribution >= 0.6 is 0 Å². The molecule has 2 nitrogen and oxygen atoms in total. The number of rotatable bonds is 4. The van der Waals surface area contributed by atoms with Crippen LogP contribution in [0.2, 0.25) is 0 Å². The molecule has 0 heterocycles. The Morgan fingerprint density at radius 1 is 1.00 bits per heavy atom. The second kappa shape index (κ2) is 5.89. The van der Waals surface area contributed by atoms with Gasteiger partial charge in [-0.25, -0.2) is 0 Å². The zero-order chi connectivity index (χ0) is 13.8. The molecule has 2 heteroatoms. The first kappa shape index (κ1) is 13.6. The van der Waals surface area contributed by atoms with E-state index in [1.807, 2.05) is 24.3 Å². The van der Waals surface area contributed by atoms with Crippen LogP contribution in [0.25, 0.3) is 0 Å². The van der Waals surface area contributed by atoms with Gasteiger partial charge in [-0.3, -0.25) is 0 Å². The fourth-order valence-corrected chi connectivity index (χ4v) is 1.90. The van der Waals surface area contributed by atoms with Gasteiger partial charge in [-0.15, -0.1) is 0 Å². The average Bonchev–Trinajstić information content (AvgIpc) is 2.40. The van der Waals surface area contributed by atoms with Crippen LogP contribution in [-0.4, -0.2) is 5.11 Å². The van der Waals surface area contributed by atoms with Gasteiger partial charge in [0, 0.05) is 0 Å². The van der Waals surface area contributed by atoms with Gasteiger partial charge in [0.25, 0.3) is 0 Å². The number of aliphatic hydroxyl groups is 1. The lowest BCUT2D eigenvalue weighted by molar-refractivity contribution is 0.199. The third-order valence-electron chi connectivity index (χ3n) is 3.34. The number of aliphatic hydroxyl groups excluding tert-OH is 1. The first-order valence-corrected chi connectivity index (χ1v) is 6.53. The Kier molecular flexibility index (Phi) is 4.23. The lowest BCUT2D eigenvalue weighted by Gasteiger charge is -2.09. The zero-order valence-corrected chi connectivity index (χ0v) is 11.7. The standard InChI is InChI=1S/C17H20O2/c1-12-4-5-15(10-13(12)2)11-19-17-8-6-16(7-9-17)14(3)18/h4-10,14,18H,11H2,1-3H3. The topological polar surface area (TPSA) is 29.5 Å². The summed E-state index contributed by atoms with van der Waals surface area (Å²) in [5.41, 5.74) is 4.65.